The Morgan fingerprint density at radius 1 is 1.48 bits per heavy atom. The van der Waals surface area contributed by atoms with E-state index in [0.29, 0.717) is 5.82 Å². The average Bonchev–Trinajstić information content (AvgIpc) is 2.93. The average molecular weight is 290 g/mol. The van der Waals surface area contributed by atoms with E-state index in [4.69, 9.17) is 4.74 Å². The number of nitrogens with zero attached hydrogens (tertiary/aromatic N) is 2. The number of carbonyl (C=O) groups is 1. The van der Waals surface area contributed by atoms with E-state index in [1.165, 1.54) is 18.2 Å². The first kappa shape index (κ1) is 14.5. The van der Waals surface area contributed by atoms with Crippen molar-refractivity contribution in [3.63, 3.8) is 0 Å². The van der Waals surface area contributed by atoms with E-state index in [1.807, 2.05) is 6.92 Å². The van der Waals surface area contributed by atoms with Crippen molar-refractivity contribution >= 4 is 17.4 Å². The fraction of sp³-hybridized carbons (Fsp3) is 0.231. The molecule has 0 saturated heterocycles. The summed E-state index contributed by atoms with van der Waals surface area (Å²) in [5, 5.41) is 19.9. The fourth-order valence-electron chi connectivity index (χ4n) is 1.62. The van der Waals surface area contributed by atoms with Crippen molar-refractivity contribution < 1.29 is 14.5 Å². The molecule has 0 atom stereocenters. The summed E-state index contributed by atoms with van der Waals surface area (Å²) in [7, 11) is 0. The van der Waals surface area contributed by atoms with Crippen LogP contribution >= 0.6 is 0 Å². The van der Waals surface area contributed by atoms with Crippen LogP contribution in [0.2, 0.25) is 0 Å². The smallest absolute Gasteiger partial charge is 0.273 e. The second-order valence-electron chi connectivity index (χ2n) is 4.22. The van der Waals surface area contributed by atoms with Crippen LogP contribution in [0.3, 0.4) is 0 Å². The van der Waals surface area contributed by atoms with Crippen molar-refractivity contribution in [3.8, 4) is 5.75 Å². The maximum absolute atomic E-state index is 11.7. The molecule has 1 aromatic carbocycles. The zero-order chi connectivity index (χ0) is 15.2. The molecule has 1 aromatic heterocycles. The molecule has 8 heteroatoms. The van der Waals surface area contributed by atoms with Crippen LogP contribution in [0.4, 0.5) is 11.5 Å². The molecule has 0 fully saturated rings. The molecule has 0 spiro atoms. The number of nitro groups is 1. The van der Waals surface area contributed by atoms with Crippen LogP contribution in [0.15, 0.2) is 30.3 Å². The number of aryl methyl sites for hydroxylation is 1. The zero-order valence-corrected chi connectivity index (χ0v) is 11.3. The number of amides is 1. The predicted octanol–water partition coefficient (Wildman–Crippen LogP) is 1.90. The Labute approximate surface area is 120 Å². The summed E-state index contributed by atoms with van der Waals surface area (Å²) in [6.07, 6.45) is 0.785. The van der Waals surface area contributed by atoms with E-state index in [1.54, 1.807) is 12.1 Å². The second-order valence-corrected chi connectivity index (χ2v) is 4.22. The number of aromatic amines is 1. The molecule has 2 rings (SSSR count). The molecule has 0 radical (unpaired) electrons. The summed E-state index contributed by atoms with van der Waals surface area (Å²) in [5.41, 5.74) is 0.817. The number of hydrogen-bond donors (Lipinski definition) is 2. The summed E-state index contributed by atoms with van der Waals surface area (Å²) < 4.78 is 5.21. The standard InChI is InChI=1S/C13H14N4O4/c1-2-9-6-12(16-15-9)14-13(18)8-21-11-5-3-4-10(7-11)17(19)20/h3-7H,2,8H2,1H3,(H2,14,15,16,18). The number of ether oxygens (including phenoxy) is 1. The third-order valence-corrected chi connectivity index (χ3v) is 2.68. The van der Waals surface area contributed by atoms with Crippen LogP contribution in [0.25, 0.3) is 0 Å². The Hall–Kier alpha value is -2.90. The lowest BCUT2D eigenvalue weighted by Gasteiger charge is -2.05. The minimum absolute atomic E-state index is 0.0900. The van der Waals surface area contributed by atoms with Gasteiger partial charge in [0.1, 0.15) is 5.75 Å². The molecule has 0 aliphatic carbocycles. The third kappa shape index (κ3) is 4.03. The lowest BCUT2D eigenvalue weighted by atomic mass is 10.3. The molecule has 0 saturated carbocycles. The summed E-state index contributed by atoms with van der Waals surface area (Å²) >= 11 is 0. The normalized spacial score (nSPS) is 10.1. The summed E-state index contributed by atoms with van der Waals surface area (Å²) in [6, 6.07) is 7.38. The number of non-ortho nitro benzene ring substituents is 1. The summed E-state index contributed by atoms with van der Waals surface area (Å²) in [6.45, 7) is 1.71. The Morgan fingerprint density at radius 2 is 2.29 bits per heavy atom. The van der Waals surface area contributed by atoms with Gasteiger partial charge in [-0.05, 0) is 12.5 Å². The highest BCUT2D eigenvalue weighted by Crippen LogP contribution is 2.19. The molecule has 2 aromatic rings. The van der Waals surface area contributed by atoms with E-state index in [2.05, 4.69) is 15.5 Å². The lowest BCUT2D eigenvalue weighted by molar-refractivity contribution is -0.384. The third-order valence-electron chi connectivity index (χ3n) is 2.68. The minimum atomic E-state index is -0.525. The topological polar surface area (TPSA) is 110 Å². The monoisotopic (exact) mass is 290 g/mol. The molecule has 8 nitrogen and oxygen atoms in total. The van der Waals surface area contributed by atoms with Gasteiger partial charge in [0, 0.05) is 17.8 Å². The predicted molar refractivity (Wildman–Crippen MR) is 75.2 cm³/mol. The first-order valence-corrected chi connectivity index (χ1v) is 6.30. The molecule has 0 unspecified atom stereocenters. The second kappa shape index (κ2) is 6.51. The molecule has 1 amide bonds. The number of aromatic nitrogens is 2. The zero-order valence-electron chi connectivity index (χ0n) is 11.3. The van der Waals surface area contributed by atoms with Gasteiger partial charge in [-0.3, -0.25) is 20.0 Å². The van der Waals surface area contributed by atoms with Gasteiger partial charge < -0.3 is 10.1 Å². The number of nitro benzene ring substituents is 1. The Kier molecular flexibility index (Phi) is 4.50. The van der Waals surface area contributed by atoms with Crippen LogP contribution < -0.4 is 10.1 Å². The number of nitrogens with one attached hydrogen (secondary N) is 2. The molecule has 1 heterocycles. The van der Waals surface area contributed by atoms with Crippen molar-refractivity contribution in [1.29, 1.82) is 0 Å². The summed E-state index contributed by atoms with van der Waals surface area (Å²) in [5.74, 6) is 0.283. The molecule has 0 aliphatic rings. The van der Waals surface area contributed by atoms with Crippen LogP contribution in [-0.2, 0) is 11.2 Å². The quantitative estimate of drug-likeness (QED) is 0.623. The van der Waals surface area contributed by atoms with Crippen LogP contribution in [-0.4, -0.2) is 27.6 Å². The number of H-pyrrole nitrogens is 1. The van der Waals surface area contributed by atoms with Gasteiger partial charge in [-0.15, -0.1) is 0 Å². The van der Waals surface area contributed by atoms with Crippen molar-refractivity contribution in [3.05, 3.63) is 46.1 Å². The van der Waals surface area contributed by atoms with Crippen molar-refractivity contribution in [2.75, 3.05) is 11.9 Å². The highest BCUT2D eigenvalue weighted by Gasteiger charge is 2.09. The van der Waals surface area contributed by atoms with Gasteiger partial charge in [0.2, 0.25) is 0 Å². The first-order valence-electron chi connectivity index (χ1n) is 6.30. The molecular formula is C13H14N4O4. The van der Waals surface area contributed by atoms with Gasteiger partial charge in [0.25, 0.3) is 11.6 Å². The van der Waals surface area contributed by atoms with E-state index in [9.17, 15) is 14.9 Å². The van der Waals surface area contributed by atoms with Crippen LogP contribution in [0.1, 0.15) is 12.6 Å². The maximum Gasteiger partial charge on any atom is 0.273 e. The Bertz CT molecular complexity index is 653. The Morgan fingerprint density at radius 3 is 2.95 bits per heavy atom. The van der Waals surface area contributed by atoms with Crippen LogP contribution in [0.5, 0.6) is 5.75 Å². The van der Waals surface area contributed by atoms with E-state index in [-0.39, 0.29) is 18.0 Å². The van der Waals surface area contributed by atoms with Gasteiger partial charge in [-0.25, -0.2) is 0 Å². The molecule has 110 valence electrons. The molecule has 0 bridgehead atoms. The largest absolute Gasteiger partial charge is 0.484 e. The van der Waals surface area contributed by atoms with E-state index in [0.717, 1.165) is 12.1 Å². The Balaban J connectivity index is 1.89. The highest BCUT2D eigenvalue weighted by molar-refractivity contribution is 5.90. The van der Waals surface area contributed by atoms with Crippen LogP contribution in [0, 0.1) is 10.1 Å². The minimum Gasteiger partial charge on any atom is -0.484 e. The van der Waals surface area contributed by atoms with E-state index >= 15 is 0 Å². The fourth-order valence-corrected chi connectivity index (χ4v) is 1.62. The SMILES string of the molecule is CCc1cc(NC(=O)COc2cccc([N+](=O)[O-])c2)n[nH]1. The van der Waals surface area contributed by atoms with Crippen molar-refractivity contribution in [2.45, 2.75) is 13.3 Å². The number of anilines is 1. The molecule has 2 N–H and O–H groups in total. The van der Waals surface area contributed by atoms with E-state index < -0.39 is 10.8 Å². The molecule has 21 heavy (non-hydrogen) atoms. The number of hydrogen-bond acceptors (Lipinski definition) is 5. The molecular weight excluding hydrogens is 276 g/mol. The molecule has 0 aliphatic heterocycles. The van der Waals surface area contributed by atoms with Gasteiger partial charge in [-0.1, -0.05) is 13.0 Å². The first-order chi connectivity index (χ1) is 10.1. The van der Waals surface area contributed by atoms with Gasteiger partial charge >= 0.3 is 0 Å². The number of rotatable bonds is 6. The lowest BCUT2D eigenvalue weighted by Crippen LogP contribution is -2.20. The summed E-state index contributed by atoms with van der Waals surface area (Å²) in [4.78, 5) is 21.8. The van der Waals surface area contributed by atoms with Gasteiger partial charge in [0.15, 0.2) is 12.4 Å². The number of benzene rings is 1. The number of carbonyl (C=O) groups excluding carboxylic acids is 1. The highest BCUT2D eigenvalue weighted by atomic mass is 16.6. The van der Waals surface area contributed by atoms with Gasteiger partial charge in [0.05, 0.1) is 11.0 Å². The maximum atomic E-state index is 11.7. The van der Waals surface area contributed by atoms with Gasteiger partial charge in [-0.2, -0.15) is 5.10 Å². The van der Waals surface area contributed by atoms with Crippen molar-refractivity contribution in [1.82, 2.24) is 10.2 Å². The van der Waals surface area contributed by atoms with Crippen molar-refractivity contribution in [2.24, 2.45) is 0 Å².